The summed E-state index contributed by atoms with van der Waals surface area (Å²) in [5.74, 6) is -0.372. The number of rotatable bonds is 4. The van der Waals surface area contributed by atoms with Crippen LogP contribution in [0.1, 0.15) is 0 Å². The van der Waals surface area contributed by atoms with Crippen LogP contribution in [0.25, 0.3) is 0 Å². The van der Waals surface area contributed by atoms with Gasteiger partial charge < -0.3 is 9.84 Å². The van der Waals surface area contributed by atoms with Crippen LogP contribution < -0.4 is 4.74 Å². The molecule has 0 spiro atoms. The summed E-state index contributed by atoms with van der Waals surface area (Å²) in [4.78, 5) is -0.254. The van der Waals surface area contributed by atoms with E-state index in [1.165, 1.54) is 0 Å². The van der Waals surface area contributed by atoms with E-state index in [2.05, 4.69) is 16.3 Å². The third kappa shape index (κ3) is 3.32. The summed E-state index contributed by atoms with van der Waals surface area (Å²) in [6.45, 7) is 0. The Labute approximate surface area is 104 Å². The van der Waals surface area contributed by atoms with Crippen molar-refractivity contribution in [1.29, 1.82) is 0 Å². The van der Waals surface area contributed by atoms with E-state index < -0.39 is 22.4 Å². The number of ether oxygens (including phenoxy) is 1. The van der Waals surface area contributed by atoms with Crippen LogP contribution in [0, 0.1) is 0 Å². The molecule has 0 unspecified atom stereocenters. The van der Waals surface area contributed by atoms with E-state index in [4.69, 9.17) is 5.11 Å². The first-order valence-electron chi connectivity index (χ1n) is 4.18. The minimum absolute atomic E-state index is 0.143. The Morgan fingerprint density at radius 1 is 1.29 bits per heavy atom. The van der Waals surface area contributed by atoms with Crippen LogP contribution in [-0.4, -0.2) is 22.9 Å². The van der Waals surface area contributed by atoms with Crippen molar-refractivity contribution in [3.05, 3.63) is 18.2 Å². The second-order valence-corrected chi connectivity index (χ2v) is 4.58. The van der Waals surface area contributed by atoms with E-state index in [-0.39, 0.29) is 16.4 Å². The summed E-state index contributed by atoms with van der Waals surface area (Å²) in [5.41, 5.74) is 0. The number of thioether (sulfide) groups is 1. The number of aromatic hydroxyl groups is 1. The van der Waals surface area contributed by atoms with E-state index in [0.29, 0.717) is 0 Å². The van der Waals surface area contributed by atoms with Crippen molar-refractivity contribution in [1.82, 2.24) is 0 Å². The quantitative estimate of drug-likeness (QED) is 0.518. The van der Waals surface area contributed by atoms with Crippen LogP contribution >= 0.6 is 23.4 Å². The molecule has 1 N–H and O–H groups in total. The van der Waals surface area contributed by atoms with Crippen LogP contribution in [0.3, 0.4) is 0 Å². The molecule has 8 heteroatoms. The Bertz CT molecular complexity index is 408. The lowest BCUT2D eigenvalue weighted by molar-refractivity contribution is -0.0898. The van der Waals surface area contributed by atoms with Gasteiger partial charge >= 0.3 is 10.6 Å². The van der Waals surface area contributed by atoms with Gasteiger partial charge in [0.1, 0.15) is 11.5 Å². The molecule has 0 saturated carbocycles. The Morgan fingerprint density at radius 2 is 1.88 bits per heavy atom. The maximum absolute atomic E-state index is 13.0. The predicted molar refractivity (Wildman–Crippen MR) is 56.3 cm³/mol. The SMILES string of the molecule is COc1cc(O)ccc1SC(F)(F)C(F)(F)Cl. The smallest absolute Gasteiger partial charge is 0.394 e. The van der Waals surface area contributed by atoms with Crippen LogP contribution in [0.5, 0.6) is 11.5 Å². The zero-order valence-electron chi connectivity index (χ0n) is 8.39. The highest BCUT2D eigenvalue weighted by atomic mass is 35.5. The summed E-state index contributed by atoms with van der Waals surface area (Å²) in [7, 11) is 1.16. The Morgan fingerprint density at radius 3 is 2.35 bits per heavy atom. The number of hydrogen-bond donors (Lipinski definition) is 1. The molecule has 0 atom stereocenters. The Balaban J connectivity index is 3.03. The molecule has 1 rings (SSSR count). The molecule has 2 nitrogen and oxygen atoms in total. The first-order valence-corrected chi connectivity index (χ1v) is 5.37. The number of phenols is 1. The number of benzene rings is 1. The fourth-order valence-corrected chi connectivity index (χ4v) is 1.82. The molecular weight excluding hydrogens is 284 g/mol. The minimum Gasteiger partial charge on any atom is -0.508 e. The van der Waals surface area contributed by atoms with Crippen LogP contribution in [0.2, 0.25) is 0 Å². The molecule has 0 aliphatic carbocycles. The number of alkyl halides is 5. The van der Waals surface area contributed by atoms with Gasteiger partial charge in [0.25, 0.3) is 0 Å². The van der Waals surface area contributed by atoms with Crippen molar-refractivity contribution in [3.8, 4) is 11.5 Å². The van der Waals surface area contributed by atoms with Crippen molar-refractivity contribution in [2.75, 3.05) is 7.11 Å². The predicted octanol–water partition coefficient (Wildman–Crippen LogP) is 3.92. The monoisotopic (exact) mass is 290 g/mol. The van der Waals surface area contributed by atoms with Crippen LogP contribution in [0.15, 0.2) is 23.1 Å². The number of halogens is 5. The topological polar surface area (TPSA) is 29.5 Å². The first kappa shape index (κ1) is 14.2. The average Bonchev–Trinajstić information content (AvgIpc) is 2.18. The summed E-state index contributed by atoms with van der Waals surface area (Å²) >= 11 is 3.87. The molecule has 0 aliphatic heterocycles. The lowest BCUT2D eigenvalue weighted by Crippen LogP contribution is -2.31. The fourth-order valence-electron chi connectivity index (χ4n) is 0.937. The number of phenolic OH excluding ortho intramolecular Hbond substituents is 1. The van der Waals surface area contributed by atoms with Gasteiger partial charge in [0.2, 0.25) is 0 Å². The molecule has 0 aliphatic rings. The van der Waals surface area contributed by atoms with Crippen molar-refractivity contribution in [2.45, 2.75) is 15.5 Å². The van der Waals surface area contributed by atoms with E-state index in [0.717, 1.165) is 25.3 Å². The number of methoxy groups -OCH3 is 1. The second kappa shape index (κ2) is 4.81. The summed E-state index contributed by atoms with van der Waals surface area (Å²) in [6.07, 6.45) is 0. The van der Waals surface area contributed by atoms with Gasteiger partial charge in [-0.25, -0.2) is 0 Å². The summed E-state index contributed by atoms with van der Waals surface area (Å²) < 4.78 is 55.5. The molecule has 0 aromatic heterocycles. The van der Waals surface area contributed by atoms with E-state index in [1.807, 2.05) is 0 Å². The standard InChI is InChI=1S/C9H7ClF4O2S/c1-16-6-4-5(15)2-3-7(6)17-9(13,14)8(10,11)12/h2-4,15H,1H3. The molecule has 1 aromatic rings. The normalized spacial score (nSPS) is 12.6. The molecule has 0 radical (unpaired) electrons. The third-order valence-electron chi connectivity index (χ3n) is 1.72. The maximum Gasteiger partial charge on any atom is 0.394 e. The minimum atomic E-state index is -4.68. The van der Waals surface area contributed by atoms with Crippen LogP contribution in [-0.2, 0) is 0 Å². The second-order valence-electron chi connectivity index (χ2n) is 2.95. The van der Waals surface area contributed by atoms with Gasteiger partial charge in [0.15, 0.2) is 0 Å². The summed E-state index contributed by atoms with van der Waals surface area (Å²) in [5, 5.41) is -0.0915. The fraction of sp³-hybridized carbons (Fsp3) is 0.333. The van der Waals surface area contributed by atoms with Crippen molar-refractivity contribution in [3.63, 3.8) is 0 Å². The molecule has 17 heavy (non-hydrogen) atoms. The van der Waals surface area contributed by atoms with E-state index in [9.17, 15) is 17.6 Å². The van der Waals surface area contributed by atoms with Crippen molar-refractivity contribution >= 4 is 23.4 Å². The lowest BCUT2D eigenvalue weighted by Gasteiger charge is -2.21. The molecule has 0 amide bonds. The largest absolute Gasteiger partial charge is 0.508 e. The number of hydrogen-bond acceptors (Lipinski definition) is 3. The molecule has 0 saturated heterocycles. The molecule has 96 valence electrons. The van der Waals surface area contributed by atoms with Crippen LogP contribution in [0.4, 0.5) is 17.6 Å². The highest BCUT2D eigenvalue weighted by Gasteiger charge is 2.56. The van der Waals surface area contributed by atoms with Gasteiger partial charge in [-0.3, -0.25) is 0 Å². The lowest BCUT2D eigenvalue weighted by atomic mass is 10.3. The highest BCUT2D eigenvalue weighted by Crippen LogP contribution is 2.51. The Hall–Kier alpha value is -0.820. The Kier molecular flexibility index (Phi) is 4.03. The van der Waals surface area contributed by atoms with Gasteiger partial charge in [-0.1, -0.05) is 0 Å². The molecular formula is C9H7ClF4O2S. The van der Waals surface area contributed by atoms with Gasteiger partial charge in [0, 0.05) is 6.07 Å². The zero-order chi connectivity index (χ0) is 13.3. The zero-order valence-corrected chi connectivity index (χ0v) is 9.96. The van der Waals surface area contributed by atoms with Gasteiger partial charge in [-0.05, 0) is 35.5 Å². The van der Waals surface area contributed by atoms with Crippen molar-refractivity contribution < 1.29 is 27.4 Å². The molecule has 1 aromatic carbocycles. The van der Waals surface area contributed by atoms with Gasteiger partial charge in [-0.2, -0.15) is 17.6 Å². The van der Waals surface area contributed by atoms with Gasteiger partial charge in [-0.15, -0.1) is 0 Å². The van der Waals surface area contributed by atoms with E-state index in [1.54, 1.807) is 0 Å². The maximum atomic E-state index is 13.0. The molecule has 0 fully saturated rings. The highest BCUT2D eigenvalue weighted by molar-refractivity contribution is 8.00. The summed E-state index contributed by atoms with van der Waals surface area (Å²) in [6, 6.07) is 3.15. The van der Waals surface area contributed by atoms with E-state index >= 15 is 0 Å². The van der Waals surface area contributed by atoms with Gasteiger partial charge in [0.05, 0.1) is 12.0 Å². The molecule has 0 heterocycles. The average molecular weight is 291 g/mol. The first-order chi connectivity index (χ1) is 7.67. The molecule has 0 bridgehead atoms. The third-order valence-corrected chi connectivity index (χ3v) is 3.13. The van der Waals surface area contributed by atoms with Crippen molar-refractivity contribution in [2.24, 2.45) is 0 Å².